The molecule has 15 heavy (non-hydrogen) atoms. The summed E-state index contributed by atoms with van der Waals surface area (Å²) in [6.45, 7) is 3.67. The molecule has 0 atom stereocenters. The predicted octanol–water partition coefficient (Wildman–Crippen LogP) is 2.58. The highest BCUT2D eigenvalue weighted by molar-refractivity contribution is 5.34. The summed E-state index contributed by atoms with van der Waals surface area (Å²) in [4.78, 5) is 4.30. The molecule has 0 aliphatic heterocycles. The van der Waals surface area contributed by atoms with Crippen LogP contribution >= 0.6 is 0 Å². The number of hydrogen-bond donors (Lipinski definition) is 1. The summed E-state index contributed by atoms with van der Waals surface area (Å²) < 4.78 is 5.70. The second-order valence-corrected chi connectivity index (χ2v) is 3.95. The molecule has 3 nitrogen and oxygen atoms in total. The van der Waals surface area contributed by atoms with E-state index in [-0.39, 0.29) is 0 Å². The van der Waals surface area contributed by atoms with E-state index >= 15 is 0 Å². The van der Waals surface area contributed by atoms with Crippen LogP contribution in [0.1, 0.15) is 31.7 Å². The van der Waals surface area contributed by atoms with Gasteiger partial charge in [-0.15, -0.1) is 0 Å². The predicted molar refractivity (Wildman–Crippen MR) is 60.8 cm³/mol. The Bertz CT molecular complexity index is 293. The third-order valence-corrected chi connectivity index (χ3v) is 2.72. The monoisotopic (exact) mass is 206 g/mol. The molecule has 0 spiro atoms. The molecule has 82 valence electrons. The van der Waals surface area contributed by atoms with E-state index in [1.54, 1.807) is 0 Å². The number of aromatic nitrogens is 1. The van der Waals surface area contributed by atoms with E-state index in [9.17, 15) is 0 Å². The largest absolute Gasteiger partial charge is 0.373 e. The van der Waals surface area contributed by atoms with Gasteiger partial charge in [-0.2, -0.15) is 0 Å². The summed E-state index contributed by atoms with van der Waals surface area (Å²) in [6.07, 6.45) is 6.16. The minimum Gasteiger partial charge on any atom is -0.373 e. The highest BCUT2D eigenvalue weighted by atomic mass is 16.5. The van der Waals surface area contributed by atoms with Gasteiger partial charge in [-0.05, 0) is 37.8 Å². The molecule has 2 rings (SSSR count). The maximum atomic E-state index is 5.70. The van der Waals surface area contributed by atoms with Crippen LogP contribution in [-0.2, 0) is 11.3 Å². The van der Waals surface area contributed by atoms with E-state index in [0.29, 0.717) is 12.7 Å². The minimum atomic E-state index is 0.499. The average Bonchev–Trinajstić information content (AvgIpc) is 2.19. The number of anilines is 1. The molecule has 1 aliphatic carbocycles. The second-order valence-electron chi connectivity index (χ2n) is 3.95. The smallest absolute Gasteiger partial charge is 0.125 e. The van der Waals surface area contributed by atoms with Gasteiger partial charge in [0.2, 0.25) is 0 Å². The Morgan fingerprint density at radius 3 is 2.87 bits per heavy atom. The zero-order valence-corrected chi connectivity index (χ0v) is 9.20. The molecular weight excluding hydrogens is 188 g/mol. The lowest BCUT2D eigenvalue weighted by Crippen LogP contribution is -2.21. The van der Waals surface area contributed by atoms with Crippen LogP contribution in [0.2, 0.25) is 0 Å². The Balaban J connectivity index is 1.80. The molecule has 0 aromatic carbocycles. The van der Waals surface area contributed by atoms with Crippen molar-refractivity contribution < 1.29 is 4.74 Å². The van der Waals surface area contributed by atoms with Crippen molar-refractivity contribution in [1.82, 2.24) is 4.98 Å². The van der Waals surface area contributed by atoms with Gasteiger partial charge in [-0.1, -0.05) is 6.07 Å². The maximum Gasteiger partial charge on any atom is 0.125 e. The van der Waals surface area contributed by atoms with Gasteiger partial charge in [0.05, 0.1) is 12.7 Å². The van der Waals surface area contributed by atoms with Crippen molar-refractivity contribution in [2.24, 2.45) is 0 Å². The van der Waals surface area contributed by atoms with Crippen LogP contribution in [0, 0.1) is 0 Å². The quantitative estimate of drug-likeness (QED) is 0.804. The fourth-order valence-electron chi connectivity index (χ4n) is 1.55. The molecule has 0 amide bonds. The first kappa shape index (κ1) is 10.4. The van der Waals surface area contributed by atoms with Crippen LogP contribution in [-0.4, -0.2) is 17.6 Å². The molecule has 1 N–H and O–H groups in total. The standard InChI is InChI=1S/C12H18N2O/c1-2-13-12-7-6-10(8-14-12)9-15-11-4-3-5-11/h6-8,11H,2-5,9H2,1H3,(H,13,14). The summed E-state index contributed by atoms with van der Waals surface area (Å²) in [6, 6.07) is 4.08. The Morgan fingerprint density at radius 1 is 1.47 bits per heavy atom. The molecule has 0 saturated heterocycles. The fourth-order valence-corrected chi connectivity index (χ4v) is 1.55. The van der Waals surface area contributed by atoms with Gasteiger partial charge in [0, 0.05) is 12.7 Å². The molecule has 1 aromatic heterocycles. The maximum absolute atomic E-state index is 5.70. The van der Waals surface area contributed by atoms with Crippen LogP contribution in [0.15, 0.2) is 18.3 Å². The lowest BCUT2D eigenvalue weighted by molar-refractivity contribution is -0.00875. The van der Waals surface area contributed by atoms with Crippen LogP contribution in [0.4, 0.5) is 5.82 Å². The normalized spacial score (nSPS) is 16.1. The second kappa shape index (κ2) is 5.12. The van der Waals surface area contributed by atoms with Gasteiger partial charge in [-0.25, -0.2) is 4.98 Å². The number of nitrogens with one attached hydrogen (secondary N) is 1. The van der Waals surface area contributed by atoms with Gasteiger partial charge in [-0.3, -0.25) is 0 Å². The molecule has 0 bridgehead atoms. The molecule has 1 aromatic rings. The Labute approximate surface area is 90.9 Å². The highest BCUT2D eigenvalue weighted by Crippen LogP contribution is 2.23. The number of ether oxygens (including phenoxy) is 1. The third-order valence-electron chi connectivity index (χ3n) is 2.72. The van der Waals surface area contributed by atoms with E-state index in [2.05, 4.69) is 23.3 Å². The van der Waals surface area contributed by atoms with Gasteiger partial charge in [0.25, 0.3) is 0 Å². The van der Waals surface area contributed by atoms with Gasteiger partial charge in [0.15, 0.2) is 0 Å². The molecule has 1 aliphatic rings. The Morgan fingerprint density at radius 2 is 2.33 bits per heavy atom. The van der Waals surface area contributed by atoms with Gasteiger partial charge >= 0.3 is 0 Å². The van der Waals surface area contributed by atoms with Crippen LogP contribution in [0.3, 0.4) is 0 Å². The lowest BCUT2D eigenvalue weighted by atomic mass is 9.96. The highest BCUT2D eigenvalue weighted by Gasteiger charge is 2.17. The van der Waals surface area contributed by atoms with Crippen LogP contribution < -0.4 is 5.32 Å². The molecule has 1 saturated carbocycles. The number of hydrogen-bond acceptors (Lipinski definition) is 3. The van der Waals surface area contributed by atoms with Gasteiger partial charge in [0.1, 0.15) is 5.82 Å². The Kier molecular flexibility index (Phi) is 3.56. The minimum absolute atomic E-state index is 0.499. The van der Waals surface area contributed by atoms with Crippen molar-refractivity contribution in [1.29, 1.82) is 0 Å². The molecule has 0 unspecified atom stereocenters. The molecular formula is C12H18N2O. The van der Waals surface area contributed by atoms with E-state index in [0.717, 1.165) is 17.9 Å². The average molecular weight is 206 g/mol. The molecule has 1 heterocycles. The Hall–Kier alpha value is -1.09. The van der Waals surface area contributed by atoms with E-state index in [1.807, 2.05) is 12.3 Å². The topological polar surface area (TPSA) is 34.1 Å². The number of nitrogens with zero attached hydrogens (tertiary/aromatic N) is 1. The van der Waals surface area contributed by atoms with Crippen molar-refractivity contribution in [2.75, 3.05) is 11.9 Å². The summed E-state index contributed by atoms with van der Waals surface area (Å²) in [5, 5.41) is 3.17. The summed E-state index contributed by atoms with van der Waals surface area (Å²) in [5.41, 5.74) is 1.16. The van der Waals surface area contributed by atoms with E-state index in [4.69, 9.17) is 4.74 Å². The number of rotatable bonds is 5. The first-order valence-corrected chi connectivity index (χ1v) is 5.69. The van der Waals surface area contributed by atoms with E-state index in [1.165, 1.54) is 19.3 Å². The summed E-state index contributed by atoms with van der Waals surface area (Å²) in [5.74, 6) is 0.935. The first-order chi connectivity index (χ1) is 7.38. The van der Waals surface area contributed by atoms with Crippen LogP contribution in [0.25, 0.3) is 0 Å². The van der Waals surface area contributed by atoms with Crippen molar-refractivity contribution in [2.45, 2.75) is 38.9 Å². The first-order valence-electron chi connectivity index (χ1n) is 5.69. The third kappa shape index (κ3) is 2.93. The van der Waals surface area contributed by atoms with Gasteiger partial charge < -0.3 is 10.1 Å². The zero-order chi connectivity index (χ0) is 10.5. The fraction of sp³-hybridized carbons (Fsp3) is 0.583. The molecule has 1 fully saturated rings. The van der Waals surface area contributed by atoms with E-state index < -0.39 is 0 Å². The zero-order valence-electron chi connectivity index (χ0n) is 9.20. The molecule has 0 radical (unpaired) electrons. The molecule has 3 heteroatoms. The SMILES string of the molecule is CCNc1ccc(COC2CCC2)cn1. The number of pyridine rings is 1. The lowest BCUT2D eigenvalue weighted by Gasteiger charge is -2.25. The summed E-state index contributed by atoms with van der Waals surface area (Å²) >= 11 is 0. The van der Waals surface area contributed by atoms with Crippen LogP contribution in [0.5, 0.6) is 0 Å². The van der Waals surface area contributed by atoms with Crippen molar-refractivity contribution in [3.8, 4) is 0 Å². The van der Waals surface area contributed by atoms with Crippen molar-refractivity contribution in [3.05, 3.63) is 23.9 Å². The summed E-state index contributed by atoms with van der Waals surface area (Å²) in [7, 11) is 0. The van der Waals surface area contributed by atoms with Crippen molar-refractivity contribution >= 4 is 5.82 Å². The van der Waals surface area contributed by atoms with Crippen molar-refractivity contribution in [3.63, 3.8) is 0 Å².